The van der Waals surface area contributed by atoms with Crippen LogP contribution in [0.25, 0.3) is 0 Å². The van der Waals surface area contributed by atoms with Gasteiger partial charge in [0.15, 0.2) is 0 Å². The van der Waals surface area contributed by atoms with Gasteiger partial charge in [-0.2, -0.15) is 0 Å². The number of hydrogen-bond donors (Lipinski definition) is 1. The molecule has 1 aromatic heterocycles. The molecule has 0 aromatic carbocycles. The van der Waals surface area contributed by atoms with Crippen molar-refractivity contribution in [3.63, 3.8) is 0 Å². The Bertz CT molecular complexity index is 424. The zero-order chi connectivity index (χ0) is 16.1. The van der Waals surface area contributed by atoms with Gasteiger partial charge >= 0.3 is 0 Å². The van der Waals surface area contributed by atoms with E-state index in [1.807, 2.05) is 10.9 Å². The minimum Gasteiger partial charge on any atom is -0.375 e. The van der Waals surface area contributed by atoms with Gasteiger partial charge in [-0.3, -0.25) is 4.68 Å². The van der Waals surface area contributed by atoms with Crippen LogP contribution in [-0.2, 0) is 11.3 Å². The Hall–Kier alpha value is -0.940. The molecule has 1 aromatic rings. The fourth-order valence-corrected chi connectivity index (χ4v) is 1.88. The average molecular weight is 296 g/mol. The summed E-state index contributed by atoms with van der Waals surface area (Å²) in [6.45, 7) is 14.2. The van der Waals surface area contributed by atoms with Crippen LogP contribution in [0.2, 0.25) is 0 Å². The topological polar surface area (TPSA) is 66.0 Å². The van der Waals surface area contributed by atoms with Crippen molar-refractivity contribution in [1.82, 2.24) is 15.0 Å². The molecule has 5 nitrogen and oxygen atoms in total. The summed E-state index contributed by atoms with van der Waals surface area (Å²) in [6.07, 6.45) is 4.78. The molecule has 122 valence electrons. The third-order valence-corrected chi connectivity index (χ3v) is 4.06. The van der Waals surface area contributed by atoms with E-state index in [0.29, 0.717) is 12.5 Å². The van der Waals surface area contributed by atoms with Gasteiger partial charge in [0.25, 0.3) is 0 Å². The molecule has 2 N–H and O–H groups in total. The van der Waals surface area contributed by atoms with Gasteiger partial charge in [-0.05, 0) is 46.0 Å². The molecule has 21 heavy (non-hydrogen) atoms. The van der Waals surface area contributed by atoms with Crippen molar-refractivity contribution in [2.75, 3.05) is 6.61 Å². The average Bonchev–Trinajstić information content (AvgIpc) is 2.85. The normalized spacial score (nSPS) is 15.4. The van der Waals surface area contributed by atoms with E-state index in [9.17, 15) is 0 Å². The number of nitrogens with zero attached hydrogens (tertiary/aromatic N) is 3. The zero-order valence-electron chi connectivity index (χ0n) is 14.5. The van der Waals surface area contributed by atoms with Crippen LogP contribution in [-0.4, -0.2) is 32.7 Å². The first-order chi connectivity index (χ1) is 9.65. The monoisotopic (exact) mass is 296 g/mol. The summed E-state index contributed by atoms with van der Waals surface area (Å²) in [7, 11) is 0. The molecule has 1 atom stereocenters. The zero-order valence-corrected chi connectivity index (χ0v) is 14.5. The Morgan fingerprint density at radius 1 is 1.29 bits per heavy atom. The molecule has 1 unspecified atom stereocenters. The maximum Gasteiger partial charge on any atom is 0.0852 e. The minimum atomic E-state index is -0.173. The Morgan fingerprint density at radius 3 is 2.48 bits per heavy atom. The number of ether oxygens (including phenoxy) is 1. The van der Waals surface area contributed by atoms with E-state index in [1.54, 1.807) is 0 Å². The molecule has 0 aliphatic rings. The van der Waals surface area contributed by atoms with Crippen LogP contribution in [0.5, 0.6) is 0 Å². The summed E-state index contributed by atoms with van der Waals surface area (Å²) in [4.78, 5) is 0. The highest BCUT2D eigenvalue weighted by Gasteiger charge is 2.21. The number of rotatable bonds is 9. The summed E-state index contributed by atoms with van der Waals surface area (Å²) >= 11 is 0. The van der Waals surface area contributed by atoms with Crippen LogP contribution in [0.3, 0.4) is 0 Å². The lowest BCUT2D eigenvalue weighted by molar-refractivity contribution is -0.0331. The third kappa shape index (κ3) is 6.57. The first-order valence-corrected chi connectivity index (χ1v) is 7.98. The van der Waals surface area contributed by atoms with Crippen LogP contribution in [0.4, 0.5) is 0 Å². The van der Waals surface area contributed by atoms with E-state index in [2.05, 4.69) is 51.9 Å². The van der Waals surface area contributed by atoms with Crippen molar-refractivity contribution in [3.8, 4) is 0 Å². The molecule has 0 aliphatic heterocycles. The number of hydrogen-bond acceptors (Lipinski definition) is 4. The smallest absolute Gasteiger partial charge is 0.0852 e. The molecule has 0 spiro atoms. The van der Waals surface area contributed by atoms with E-state index >= 15 is 0 Å². The number of aromatic nitrogens is 3. The van der Waals surface area contributed by atoms with Crippen LogP contribution in [0.15, 0.2) is 6.20 Å². The molecule has 0 radical (unpaired) electrons. The molecule has 0 saturated heterocycles. The molecule has 0 fully saturated rings. The van der Waals surface area contributed by atoms with Gasteiger partial charge in [-0.25, -0.2) is 0 Å². The molecule has 0 saturated carbocycles. The van der Waals surface area contributed by atoms with Crippen LogP contribution in [0.1, 0.15) is 72.4 Å². The van der Waals surface area contributed by atoms with Crippen molar-refractivity contribution in [1.29, 1.82) is 0 Å². The fourth-order valence-electron chi connectivity index (χ4n) is 1.88. The standard InChI is InChI=1S/C16H32N4O/c1-7-16(6,17)9-11-21-15(4,5)8-10-20-12-14(13(2)3)18-19-20/h12-13H,7-11,17H2,1-6H3. The largest absolute Gasteiger partial charge is 0.375 e. The van der Waals surface area contributed by atoms with Gasteiger partial charge in [0.05, 0.1) is 11.3 Å². The van der Waals surface area contributed by atoms with Crippen molar-refractivity contribution >= 4 is 0 Å². The van der Waals surface area contributed by atoms with Crippen LogP contribution < -0.4 is 5.73 Å². The van der Waals surface area contributed by atoms with Crippen molar-refractivity contribution < 1.29 is 4.74 Å². The van der Waals surface area contributed by atoms with Crippen LogP contribution in [0, 0.1) is 0 Å². The number of aryl methyl sites for hydroxylation is 1. The highest BCUT2D eigenvalue weighted by atomic mass is 16.5. The van der Waals surface area contributed by atoms with Gasteiger partial charge in [-0.1, -0.05) is 26.0 Å². The molecular weight excluding hydrogens is 264 g/mol. The van der Waals surface area contributed by atoms with Crippen molar-refractivity contribution in [3.05, 3.63) is 11.9 Å². The first kappa shape index (κ1) is 18.1. The van der Waals surface area contributed by atoms with Crippen molar-refractivity contribution in [2.45, 2.75) is 84.4 Å². The molecule has 0 amide bonds. The molecule has 0 bridgehead atoms. The summed E-state index contributed by atoms with van der Waals surface area (Å²) < 4.78 is 7.90. The molecule has 0 aliphatic carbocycles. The fraction of sp³-hybridized carbons (Fsp3) is 0.875. The second-order valence-corrected chi connectivity index (χ2v) is 7.18. The van der Waals surface area contributed by atoms with Gasteiger partial charge < -0.3 is 10.5 Å². The molecule has 1 rings (SSSR count). The van der Waals surface area contributed by atoms with E-state index in [0.717, 1.165) is 31.5 Å². The van der Waals surface area contributed by atoms with Gasteiger partial charge in [0.1, 0.15) is 0 Å². The Morgan fingerprint density at radius 2 is 1.95 bits per heavy atom. The molecule has 5 heteroatoms. The lowest BCUT2D eigenvalue weighted by atomic mass is 9.96. The Kier molecular flexibility index (Phi) is 6.35. The van der Waals surface area contributed by atoms with Crippen LogP contribution >= 0.6 is 0 Å². The minimum absolute atomic E-state index is 0.131. The second-order valence-electron chi connectivity index (χ2n) is 7.18. The SMILES string of the molecule is CCC(C)(N)CCOC(C)(C)CCn1cc(C(C)C)nn1. The highest BCUT2D eigenvalue weighted by molar-refractivity contribution is 4.98. The quantitative estimate of drug-likeness (QED) is 0.760. The third-order valence-electron chi connectivity index (χ3n) is 4.06. The van der Waals surface area contributed by atoms with E-state index in [1.165, 1.54) is 0 Å². The first-order valence-electron chi connectivity index (χ1n) is 7.98. The second kappa shape index (κ2) is 7.36. The summed E-state index contributed by atoms with van der Waals surface area (Å²) in [6, 6.07) is 0. The molecule has 1 heterocycles. The van der Waals surface area contributed by atoms with E-state index in [4.69, 9.17) is 10.5 Å². The van der Waals surface area contributed by atoms with Gasteiger partial charge in [-0.15, -0.1) is 5.10 Å². The highest BCUT2D eigenvalue weighted by Crippen LogP contribution is 2.19. The van der Waals surface area contributed by atoms with E-state index < -0.39 is 0 Å². The summed E-state index contributed by atoms with van der Waals surface area (Å²) in [5.41, 5.74) is 6.87. The molecular formula is C16H32N4O. The van der Waals surface area contributed by atoms with Gasteiger partial charge in [0.2, 0.25) is 0 Å². The lowest BCUT2D eigenvalue weighted by Crippen LogP contribution is -2.38. The maximum absolute atomic E-state index is 6.14. The van der Waals surface area contributed by atoms with Crippen molar-refractivity contribution in [2.24, 2.45) is 5.73 Å². The Balaban J connectivity index is 2.38. The Labute approximate surface area is 129 Å². The summed E-state index contributed by atoms with van der Waals surface area (Å²) in [5, 5.41) is 8.34. The van der Waals surface area contributed by atoms with E-state index in [-0.39, 0.29) is 11.1 Å². The lowest BCUT2D eigenvalue weighted by Gasteiger charge is -2.28. The summed E-state index contributed by atoms with van der Waals surface area (Å²) in [5.74, 6) is 0.416. The number of nitrogens with two attached hydrogens (primary N) is 1. The predicted molar refractivity (Wildman–Crippen MR) is 86.3 cm³/mol. The van der Waals surface area contributed by atoms with Gasteiger partial charge in [0, 0.05) is 24.9 Å². The predicted octanol–water partition coefficient (Wildman–Crippen LogP) is 3.10. The maximum atomic E-state index is 6.14.